The van der Waals surface area contributed by atoms with Gasteiger partial charge in [-0.05, 0) is 39.7 Å². The highest BCUT2D eigenvalue weighted by molar-refractivity contribution is 6.05. The average molecular weight is 343 g/mol. The van der Waals surface area contributed by atoms with Crippen LogP contribution in [0, 0.1) is 6.92 Å². The summed E-state index contributed by atoms with van der Waals surface area (Å²) in [4.78, 5) is 33.9. The third-order valence-electron chi connectivity index (χ3n) is 4.53. The van der Waals surface area contributed by atoms with Crippen LogP contribution in [0.3, 0.4) is 0 Å². The normalized spacial score (nSPS) is 15.3. The maximum Gasteiger partial charge on any atom is 0.254 e. The summed E-state index contributed by atoms with van der Waals surface area (Å²) < 4.78 is 2.14. The Kier molecular flexibility index (Phi) is 5.01. The van der Waals surface area contributed by atoms with Crippen molar-refractivity contribution in [2.75, 3.05) is 6.54 Å². The van der Waals surface area contributed by atoms with Gasteiger partial charge in [0.25, 0.3) is 5.91 Å². The van der Waals surface area contributed by atoms with Crippen molar-refractivity contribution in [2.45, 2.75) is 59.0 Å². The van der Waals surface area contributed by atoms with Crippen molar-refractivity contribution in [3.05, 3.63) is 23.1 Å². The highest BCUT2D eigenvalue weighted by atomic mass is 16.2. The second-order valence-corrected chi connectivity index (χ2v) is 6.56. The second-order valence-electron chi connectivity index (χ2n) is 6.56. The van der Waals surface area contributed by atoms with Crippen molar-refractivity contribution in [3.8, 4) is 0 Å². The Morgan fingerprint density at radius 2 is 2.08 bits per heavy atom. The zero-order valence-electron chi connectivity index (χ0n) is 15.1. The van der Waals surface area contributed by atoms with Gasteiger partial charge in [0, 0.05) is 25.2 Å². The summed E-state index contributed by atoms with van der Waals surface area (Å²) in [7, 11) is 0. The molecule has 7 heteroatoms. The molecule has 25 heavy (non-hydrogen) atoms. The molecule has 134 valence electrons. The Hall–Kier alpha value is -2.44. The summed E-state index contributed by atoms with van der Waals surface area (Å²) >= 11 is 0. The molecule has 1 aliphatic rings. The van der Waals surface area contributed by atoms with Crippen LogP contribution in [0.15, 0.2) is 6.07 Å². The van der Waals surface area contributed by atoms with E-state index < -0.39 is 6.04 Å². The van der Waals surface area contributed by atoms with E-state index in [-0.39, 0.29) is 11.8 Å². The minimum atomic E-state index is -0.601. The van der Waals surface area contributed by atoms with Crippen molar-refractivity contribution >= 4 is 23.0 Å². The molecule has 1 atom stereocenters. The van der Waals surface area contributed by atoms with Gasteiger partial charge in [0.1, 0.15) is 17.4 Å². The minimum absolute atomic E-state index is 0.196. The van der Waals surface area contributed by atoms with Crippen LogP contribution in [0.2, 0.25) is 0 Å². The highest BCUT2D eigenvalue weighted by Crippen LogP contribution is 2.24. The molecule has 3 rings (SSSR count). The molecule has 0 fully saturated rings. The van der Waals surface area contributed by atoms with Gasteiger partial charge < -0.3 is 15.2 Å². The van der Waals surface area contributed by atoms with E-state index in [1.807, 2.05) is 13.8 Å². The molecule has 0 saturated heterocycles. The van der Waals surface area contributed by atoms with E-state index in [0.29, 0.717) is 17.6 Å². The smallest absolute Gasteiger partial charge is 0.254 e. The van der Waals surface area contributed by atoms with Gasteiger partial charge in [0.2, 0.25) is 5.91 Å². The molecule has 7 nitrogen and oxygen atoms in total. The van der Waals surface area contributed by atoms with Crippen molar-refractivity contribution in [1.29, 1.82) is 0 Å². The van der Waals surface area contributed by atoms with E-state index in [9.17, 15) is 9.59 Å². The topological polar surface area (TPSA) is 88.9 Å². The summed E-state index contributed by atoms with van der Waals surface area (Å²) in [5.41, 5.74) is 2.66. The molecular weight excluding hydrogens is 318 g/mol. The molecule has 2 amide bonds. The molecule has 0 aliphatic carbocycles. The Morgan fingerprint density at radius 1 is 1.28 bits per heavy atom. The Morgan fingerprint density at radius 3 is 2.84 bits per heavy atom. The van der Waals surface area contributed by atoms with E-state index in [1.54, 1.807) is 13.0 Å². The second kappa shape index (κ2) is 7.21. The fourth-order valence-corrected chi connectivity index (χ4v) is 3.26. The summed E-state index contributed by atoms with van der Waals surface area (Å²) in [5, 5.41) is 5.48. The van der Waals surface area contributed by atoms with Crippen molar-refractivity contribution in [1.82, 2.24) is 25.2 Å². The molecule has 0 saturated carbocycles. The number of imidazole rings is 1. The van der Waals surface area contributed by atoms with Crippen LogP contribution >= 0.6 is 0 Å². The zero-order valence-corrected chi connectivity index (χ0v) is 15.1. The van der Waals surface area contributed by atoms with Crippen LogP contribution in [0.25, 0.3) is 11.2 Å². The quantitative estimate of drug-likeness (QED) is 0.885. The number of likely N-dealkylation sites (N-methyl/N-ethyl adjacent to an activating group) is 1. The fourth-order valence-electron chi connectivity index (χ4n) is 3.26. The van der Waals surface area contributed by atoms with E-state index in [1.165, 1.54) is 6.42 Å². The first kappa shape index (κ1) is 17.4. The molecule has 0 bridgehead atoms. The molecule has 3 heterocycles. The number of aromatic nitrogens is 3. The first-order valence-corrected chi connectivity index (χ1v) is 8.96. The van der Waals surface area contributed by atoms with Gasteiger partial charge in [-0.3, -0.25) is 9.59 Å². The zero-order chi connectivity index (χ0) is 18.0. The Balaban J connectivity index is 1.96. The highest BCUT2D eigenvalue weighted by Gasteiger charge is 2.23. The summed E-state index contributed by atoms with van der Waals surface area (Å²) in [6, 6.07) is 1.14. The maximum atomic E-state index is 12.7. The minimum Gasteiger partial charge on any atom is -0.355 e. The number of hydrogen-bond donors (Lipinski definition) is 2. The molecule has 2 N–H and O–H groups in total. The van der Waals surface area contributed by atoms with Gasteiger partial charge in [-0.2, -0.15) is 0 Å². The molecule has 1 unspecified atom stereocenters. The van der Waals surface area contributed by atoms with E-state index in [2.05, 4.69) is 20.2 Å². The number of nitrogens with zero attached hydrogens (tertiary/aromatic N) is 3. The van der Waals surface area contributed by atoms with Crippen molar-refractivity contribution in [2.24, 2.45) is 0 Å². The number of aryl methyl sites for hydroxylation is 3. The third-order valence-corrected chi connectivity index (χ3v) is 4.53. The van der Waals surface area contributed by atoms with Gasteiger partial charge >= 0.3 is 0 Å². The first-order chi connectivity index (χ1) is 12.0. The standard InChI is InChI=1S/C18H25N5O2/c1-4-19-17(24)12(3)21-18(25)13-10-11(2)20-16-15(13)22-14-8-6-5-7-9-23(14)16/h10,12H,4-9H2,1-3H3,(H,19,24)(H,21,25). The van der Waals surface area contributed by atoms with E-state index >= 15 is 0 Å². The lowest BCUT2D eigenvalue weighted by Crippen LogP contribution is -2.44. The predicted octanol–water partition coefficient (Wildman–Crippen LogP) is 1.72. The van der Waals surface area contributed by atoms with Gasteiger partial charge in [0.05, 0.1) is 5.56 Å². The number of pyridine rings is 1. The molecule has 2 aromatic heterocycles. The number of rotatable bonds is 4. The van der Waals surface area contributed by atoms with Gasteiger partial charge in [0.15, 0.2) is 5.65 Å². The van der Waals surface area contributed by atoms with Crippen molar-refractivity contribution < 1.29 is 9.59 Å². The lowest BCUT2D eigenvalue weighted by atomic mass is 10.1. The first-order valence-electron chi connectivity index (χ1n) is 8.96. The SMILES string of the molecule is CCNC(=O)C(C)NC(=O)c1cc(C)nc2c1nc1n2CCCCC1. The van der Waals surface area contributed by atoms with Crippen LogP contribution in [0.1, 0.15) is 55.0 Å². The Bertz CT molecular complexity index is 811. The van der Waals surface area contributed by atoms with Gasteiger partial charge in [-0.1, -0.05) is 6.42 Å². The van der Waals surface area contributed by atoms with Crippen LogP contribution in [-0.2, 0) is 17.8 Å². The summed E-state index contributed by atoms with van der Waals surface area (Å²) in [6.45, 7) is 6.82. The number of fused-ring (bicyclic) bond motifs is 3. The number of nitrogens with one attached hydrogen (secondary N) is 2. The lowest BCUT2D eigenvalue weighted by molar-refractivity contribution is -0.122. The maximum absolute atomic E-state index is 12.7. The predicted molar refractivity (Wildman–Crippen MR) is 95.4 cm³/mol. The van der Waals surface area contributed by atoms with Crippen LogP contribution in [0.5, 0.6) is 0 Å². The number of carbonyl (C=O) groups excluding carboxylic acids is 2. The van der Waals surface area contributed by atoms with Crippen LogP contribution in [-0.4, -0.2) is 38.9 Å². The molecule has 0 aromatic carbocycles. The molecule has 2 aromatic rings. The number of hydrogen-bond acceptors (Lipinski definition) is 4. The van der Waals surface area contributed by atoms with E-state index in [0.717, 1.165) is 43.0 Å². The van der Waals surface area contributed by atoms with Crippen LogP contribution < -0.4 is 10.6 Å². The molecule has 0 spiro atoms. The fraction of sp³-hybridized carbons (Fsp3) is 0.556. The Labute approximate surface area is 147 Å². The average Bonchev–Trinajstić information content (AvgIpc) is 2.76. The molecule has 0 radical (unpaired) electrons. The number of carbonyl (C=O) groups is 2. The monoisotopic (exact) mass is 343 g/mol. The van der Waals surface area contributed by atoms with E-state index in [4.69, 9.17) is 4.98 Å². The van der Waals surface area contributed by atoms with Gasteiger partial charge in [-0.25, -0.2) is 9.97 Å². The lowest BCUT2D eigenvalue weighted by Gasteiger charge is -2.14. The molecular formula is C18H25N5O2. The van der Waals surface area contributed by atoms with Gasteiger partial charge in [-0.15, -0.1) is 0 Å². The van der Waals surface area contributed by atoms with Crippen molar-refractivity contribution in [3.63, 3.8) is 0 Å². The summed E-state index contributed by atoms with van der Waals surface area (Å²) in [6.07, 6.45) is 4.31. The summed E-state index contributed by atoms with van der Waals surface area (Å²) in [5.74, 6) is 0.512. The third kappa shape index (κ3) is 3.50. The largest absolute Gasteiger partial charge is 0.355 e. The molecule has 1 aliphatic heterocycles. The number of amides is 2. The van der Waals surface area contributed by atoms with Crippen LogP contribution in [0.4, 0.5) is 0 Å².